The fraction of sp³-hybridized carbons (Fsp3) is 0.619. The summed E-state index contributed by atoms with van der Waals surface area (Å²) in [6.07, 6.45) is 34.3. The molecule has 254 valence electrons. The third-order valence-electron chi connectivity index (χ3n) is 8.65. The molecule has 0 aliphatic carbocycles. The zero-order valence-electron chi connectivity index (χ0n) is 29.5. The van der Waals surface area contributed by atoms with Gasteiger partial charge in [-0.05, 0) is 106 Å². The number of aliphatic imine (C=N–C) groups is 2. The van der Waals surface area contributed by atoms with Crippen LogP contribution in [0.4, 0.5) is 11.4 Å². The summed E-state index contributed by atoms with van der Waals surface area (Å²) < 4.78 is 0. The predicted octanol–water partition coefficient (Wildman–Crippen LogP) is 13.8. The Morgan fingerprint density at radius 3 is 1.84 bits per heavy atom. The van der Waals surface area contributed by atoms with E-state index in [-0.39, 0.29) is 20.4 Å². The van der Waals surface area contributed by atoms with E-state index in [4.69, 9.17) is 9.98 Å². The molecule has 0 spiro atoms. The van der Waals surface area contributed by atoms with Crippen molar-refractivity contribution in [2.24, 2.45) is 9.98 Å². The summed E-state index contributed by atoms with van der Waals surface area (Å²) in [7, 11) is 0. The van der Waals surface area contributed by atoms with Crippen LogP contribution in [0.25, 0.3) is 0 Å². The number of nitrogens with zero attached hydrogens (tertiary/aromatic N) is 2. The van der Waals surface area contributed by atoms with Gasteiger partial charge in [0.05, 0.1) is 17.1 Å². The second kappa shape index (κ2) is 28.4. The van der Waals surface area contributed by atoms with Crippen molar-refractivity contribution in [3.8, 4) is 0 Å². The molecule has 2 nitrogen and oxygen atoms in total. The van der Waals surface area contributed by atoms with E-state index in [1.165, 1.54) is 132 Å². The van der Waals surface area contributed by atoms with Crippen molar-refractivity contribution < 1.29 is 20.4 Å². The molecular weight excluding hydrogens is 639 g/mol. The van der Waals surface area contributed by atoms with Crippen molar-refractivity contribution in [3.63, 3.8) is 0 Å². The van der Waals surface area contributed by atoms with Crippen LogP contribution in [0.1, 0.15) is 166 Å². The molecule has 0 atom stereocenters. The van der Waals surface area contributed by atoms with E-state index in [9.17, 15) is 0 Å². The van der Waals surface area contributed by atoms with Crippen LogP contribution >= 0.6 is 0 Å². The molecule has 45 heavy (non-hydrogen) atoms. The van der Waals surface area contributed by atoms with Gasteiger partial charge in [0, 0.05) is 26.6 Å². The molecule has 2 aromatic rings. The maximum atomic E-state index is 5.25. The molecule has 0 saturated carbocycles. The van der Waals surface area contributed by atoms with Crippen LogP contribution in [0.2, 0.25) is 0 Å². The monoisotopic (exact) mass is 704 g/mol. The molecule has 3 heteroatoms. The maximum absolute atomic E-state index is 5.25. The molecule has 0 N–H and O–H groups in total. The van der Waals surface area contributed by atoms with Crippen molar-refractivity contribution in [1.29, 1.82) is 0 Å². The van der Waals surface area contributed by atoms with E-state index >= 15 is 0 Å². The first-order valence-corrected chi connectivity index (χ1v) is 18.7. The number of para-hydroxylation sites is 1. The largest absolute Gasteiger partial charge is 0.255 e. The topological polar surface area (TPSA) is 24.7 Å². The first-order valence-electron chi connectivity index (χ1n) is 18.7. The number of rotatable bonds is 26. The Morgan fingerprint density at radius 2 is 1.13 bits per heavy atom. The van der Waals surface area contributed by atoms with Gasteiger partial charge < -0.3 is 0 Å². The summed E-state index contributed by atoms with van der Waals surface area (Å²) >= 11 is 0. The van der Waals surface area contributed by atoms with E-state index in [0.717, 1.165) is 42.8 Å². The third kappa shape index (κ3) is 19.4. The summed E-state index contributed by atoms with van der Waals surface area (Å²) in [4.78, 5) is 10.3. The number of benzene rings is 2. The number of aryl methyl sites for hydroxylation is 3. The molecule has 0 unspecified atom stereocenters. The first kappa shape index (κ1) is 41.2. The van der Waals surface area contributed by atoms with Crippen molar-refractivity contribution >= 4 is 23.3 Å². The zero-order chi connectivity index (χ0) is 31.5. The van der Waals surface area contributed by atoms with E-state index in [1.54, 1.807) is 0 Å². The van der Waals surface area contributed by atoms with Gasteiger partial charge in [0.25, 0.3) is 0 Å². The molecule has 0 fully saturated rings. The molecule has 0 amide bonds. The minimum atomic E-state index is 0. The normalized spacial score (nSPS) is 12.0. The average Bonchev–Trinajstić information content (AvgIpc) is 3.05. The Kier molecular flexibility index (Phi) is 26.0. The van der Waals surface area contributed by atoms with Crippen LogP contribution in [-0.2, 0) is 39.7 Å². The van der Waals surface area contributed by atoms with E-state index in [1.807, 2.05) is 0 Å². The van der Waals surface area contributed by atoms with Crippen LogP contribution in [0.3, 0.4) is 0 Å². The Bertz CT molecular complexity index is 1080. The number of hydrogen-bond acceptors (Lipinski definition) is 2. The average molecular weight is 705 g/mol. The molecule has 0 radical (unpaired) electrons. The van der Waals surface area contributed by atoms with Crippen LogP contribution in [0, 0.1) is 0 Å². The smallest absolute Gasteiger partial charge is 0.0665 e. The van der Waals surface area contributed by atoms with Crippen LogP contribution < -0.4 is 0 Å². The van der Waals surface area contributed by atoms with Gasteiger partial charge in [0.15, 0.2) is 0 Å². The van der Waals surface area contributed by atoms with Crippen molar-refractivity contribution in [3.05, 3.63) is 71.3 Å². The molecule has 0 aromatic heterocycles. The molecule has 0 aliphatic rings. The first-order chi connectivity index (χ1) is 21.7. The summed E-state index contributed by atoms with van der Waals surface area (Å²) in [5.41, 5.74) is 7.66. The fourth-order valence-corrected chi connectivity index (χ4v) is 5.79. The molecule has 0 saturated heterocycles. The number of allylic oxidation sites excluding steroid dienone is 2. The van der Waals surface area contributed by atoms with Crippen molar-refractivity contribution in [2.75, 3.05) is 0 Å². The Labute approximate surface area is 292 Å². The van der Waals surface area contributed by atoms with Gasteiger partial charge in [-0.3, -0.25) is 9.98 Å². The minimum absolute atomic E-state index is 0. The Hall–Kier alpha value is -1.82. The standard InChI is InChI=1S/C42H66N2.Pd/c1-5-9-13-15-17-18-19-20-21-23-29-38-30-25-26-32-42(38)44-41(31-24-22-16-14-10-6-2)36-43-40-34-33-37(27-11-7-3)39(35-40)28-12-8-4;/h19-20,25-26,30,32-36H,5-18,21-24,27-29,31H2,1-4H3;. The second-order valence-corrected chi connectivity index (χ2v) is 12.7. The number of unbranched alkanes of at least 4 members (excludes halogenated alkanes) is 13. The summed E-state index contributed by atoms with van der Waals surface area (Å²) in [6, 6.07) is 15.6. The predicted molar refractivity (Wildman–Crippen MR) is 199 cm³/mol. The van der Waals surface area contributed by atoms with Crippen molar-refractivity contribution in [2.45, 2.75) is 169 Å². The second-order valence-electron chi connectivity index (χ2n) is 12.7. The SMILES string of the molecule is CCCCCCCC=CCCCc1ccccc1N=C(C=Nc1ccc(CCCC)c(CCCC)c1)CCCCCCCC.[Pd]. The van der Waals surface area contributed by atoms with Gasteiger partial charge in [-0.1, -0.05) is 135 Å². The van der Waals surface area contributed by atoms with Gasteiger partial charge in [-0.2, -0.15) is 0 Å². The van der Waals surface area contributed by atoms with Crippen LogP contribution in [0.5, 0.6) is 0 Å². The van der Waals surface area contributed by atoms with Gasteiger partial charge >= 0.3 is 0 Å². The molecule has 2 rings (SSSR count). The van der Waals surface area contributed by atoms with Crippen molar-refractivity contribution in [1.82, 2.24) is 0 Å². The Balaban J connectivity index is 0.0000101. The quantitative estimate of drug-likeness (QED) is 0.0403. The minimum Gasteiger partial charge on any atom is -0.255 e. The van der Waals surface area contributed by atoms with Gasteiger partial charge in [0.2, 0.25) is 0 Å². The zero-order valence-corrected chi connectivity index (χ0v) is 31.1. The molecule has 2 aromatic carbocycles. The van der Waals surface area contributed by atoms with Crippen LogP contribution in [0.15, 0.2) is 64.6 Å². The van der Waals surface area contributed by atoms with Gasteiger partial charge in [0.1, 0.15) is 0 Å². The summed E-state index contributed by atoms with van der Waals surface area (Å²) in [5, 5.41) is 0. The number of hydrogen-bond donors (Lipinski definition) is 0. The fourth-order valence-electron chi connectivity index (χ4n) is 5.79. The van der Waals surface area contributed by atoms with Crippen LogP contribution in [-0.4, -0.2) is 11.9 Å². The molecule has 0 heterocycles. The van der Waals surface area contributed by atoms with Gasteiger partial charge in [-0.15, -0.1) is 0 Å². The third-order valence-corrected chi connectivity index (χ3v) is 8.65. The van der Waals surface area contributed by atoms with E-state index < -0.39 is 0 Å². The maximum Gasteiger partial charge on any atom is 0.0665 e. The van der Waals surface area contributed by atoms with E-state index in [0.29, 0.717) is 0 Å². The molecule has 0 bridgehead atoms. The summed E-state index contributed by atoms with van der Waals surface area (Å²) in [5.74, 6) is 0. The summed E-state index contributed by atoms with van der Waals surface area (Å²) in [6.45, 7) is 9.13. The Morgan fingerprint density at radius 1 is 0.556 bits per heavy atom. The van der Waals surface area contributed by atoms with E-state index in [2.05, 4.69) is 88.5 Å². The molecular formula is C42H66N2Pd. The van der Waals surface area contributed by atoms with Gasteiger partial charge in [-0.25, -0.2) is 0 Å². The molecule has 0 aliphatic heterocycles.